The van der Waals surface area contributed by atoms with Gasteiger partial charge in [0.25, 0.3) is 0 Å². The lowest BCUT2D eigenvalue weighted by atomic mass is 10.2. The fraction of sp³-hybridized carbons (Fsp3) is 0.190. The number of benzene rings is 1. The van der Waals surface area contributed by atoms with Crippen molar-refractivity contribution in [3.05, 3.63) is 71.2 Å². The number of nitrogens with zero attached hydrogens (tertiary/aromatic N) is 3. The predicted molar refractivity (Wildman–Crippen MR) is 116 cm³/mol. The summed E-state index contributed by atoms with van der Waals surface area (Å²) in [5.41, 5.74) is 0.827. The summed E-state index contributed by atoms with van der Waals surface area (Å²) < 4.78 is 40.3. The van der Waals surface area contributed by atoms with Gasteiger partial charge in [0, 0.05) is 37.0 Å². The summed E-state index contributed by atoms with van der Waals surface area (Å²) in [6, 6.07) is 11.4. The Morgan fingerprint density at radius 2 is 1.90 bits per heavy atom. The summed E-state index contributed by atoms with van der Waals surface area (Å²) in [6.07, 6.45) is 5.44. The summed E-state index contributed by atoms with van der Waals surface area (Å²) in [5.74, 6) is 0.979. The molecule has 3 heterocycles. The van der Waals surface area contributed by atoms with Crippen LogP contribution in [0.2, 0.25) is 0 Å². The number of hydrogen-bond donors (Lipinski definition) is 1. The number of fused-ring (bicyclic) bond motifs is 4. The SMILES string of the molecule is Cn1cc(-c2cc3nc(n2)Oc2cccc(c2)OC/C=C\CCS(=O)(=O)N3)ccc1=O. The van der Waals surface area contributed by atoms with Crippen molar-refractivity contribution in [1.29, 1.82) is 0 Å². The van der Waals surface area contributed by atoms with Gasteiger partial charge in [-0.3, -0.25) is 9.52 Å². The normalized spacial score (nSPS) is 16.5. The van der Waals surface area contributed by atoms with E-state index in [1.807, 2.05) is 0 Å². The molecule has 0 fully saturated rings. The van der Waals surface area contributed by atoms with Gasteiger partial charge in [-0.1, -0.05) is 18.2 Å². The summed E-state index contributed by atoms with van der Waals surface area (Å²) in [5, 5.41) is 0. The van der Waals surface area contributed by atoms with E-state index in [1.54, 1.807) is 55.7 Å². The Labute approximate surface area is 179 Å². The maximum Gasteiger partial charge on any atom is 0.324 e. The standard InChI is InChI=1S/C21H20N4O5S/c1-25-14-15(8-9-20(25)26)18-13-19-23-21(22-18)30-17-7-5-6-16(12-17)29-10-3-2-4-11-31(27,28)24-19/h2-3,5-9,12-14H,4,10-11H2,1H3,(H,22,23,24)/b3-2-. The van der Waals surface area contributed by atoms with Crippen LogP contribution in [-0.2, 0) is 17.1 Å². The van der Waals surface area contributed by atoms with E-state index in [4.69, 9.17) is 9.47 Å². The van der Waals surface area contributed by atoms with Crippen molar-refractivity contribution in [3.8, 4) is 28.8 Å². The van der Waals surface area contributed by atoms with E-state index in [0.717, 1.165) is 0 Å². The molecule has 0 amide bonds. The van der Waals surface area contributed by atoms with E-state index in [9.17, 15) is 13.2 Å². The summed E-state index contributed by atoms with van der Waals surface area (Å²) >= 11 is 0. The average Bonchev–Trinajstić information content (AvgIpc) is 2.72. The molecule has 1 aliphatic heterocycles. The topological polar surface area (TPSA) is 112 Å². The number of pyridine rings is 1. The first-order chi connectivity index (χ1) is 14.9. The van der Waals surface area contributed by atoms with Crippen molar-refractivity contribution in [3.63, 3.8) is 0 Å². The first-order valence-electron chi connectivity index (χ1n) is 9.50. The predicted octanol–water partition coefficient (Wildman–Crippen LogP) is 2.72. The van der Waals surface area contributed by atoms with Gasteiger partial charge in [-0.2, -0.15) is 9.97 Å². The van der Waals surface area contributed by atoms with E-state index in [2.05, 4.69) is 14.7 Å². The number of ether oxygens (including phenoxy) is 2. The number of aryl methyl sites for hydroxylation is 1. The van der Waals surface area contributed by atoms with E-state index in [1.165, 1.54) is 16.7 Å². The molecule has 3 aromatic rings. The van der Waals surface area contributed by atoms with Crippen LogP contribution in [0.5, 0.6) is 17.5 Å². The molecule has 9 nitrogen and oxygen atoms in total. The number of hydrogen-bond acceptors (Lipinski definition) is 7. The molecule has 0 atom stereocenters. The minimum Gasteiger partial charge on any atom is -0.489 e. The molecule has 10 heteroatoms. The van der Waals surface area contributed by atoms with Crippen molar-refractivity contribution >= 4 is 15.8 Å². The Balaban J connectivity index is 1.80. The van der Waals surface area contributed by atoms with Gasteiger partial charge >= 0.3 is 6.01 Å². The smallest absolute Gasteiger partial charge is 0.324 e. The van der Waals surface area contributed by atoms with E-state index >= 15 is 0 Å². The van der Waals surface area contributed by atoms with Gasteiger partial charge in [0.2, 0.25) is 15.6 Å². The van der Waals surface area contributed by atoms with Crippen molar-refractivity contribution < 1.29 is 17.9 Å². The Hall–Kier alpha value is -3.66. The number of rotatable bonds is 1. The van der Waals surface area contributed by atoms with Crippen molar-refractivity contribution in [2.75, 3.05) is 17.1 Å². The monoisotopic (exact) mass is 440 g/mol. The average molecular weight is 440 g/mol. The summed E-state index contributed by atoms with van der Waals surface area (Å²) in [7, 11) is -2.03. The molecule has 0 spiro atoms. The minimum atomic E-state index is -3.65. The van der Waals surface area contributed by atoms with Crippen LogP contribution < -0.4 is 19.8 Å². The van der Waals surface area contributed by atoms with Gasteiger partial charge in [-0.15, -0.1) is 0 Å². The zero-order valence-electron chi connectivity index (χ0n) is 16.7. The lowest BCUT2D eigenvalue weighted by Gasteiger charge is -2.12. The third kappa shape index (κ3) is 5.28. The molecule has 0 saturated heterocycles. The van der Waals surface area contributed by atoms with Gasteiger partial charge in [0.15, 0.2) is 0 Å². The van der Waals surface area contributed by atoms with E-state index in [-0.39, 0.29) is 23.1 Å². The zero-order valence-corrected chi connectivity index (χ0v) is 17.5. The first-order valence-corrected chi connectivity index (χ1v) is 11.2. The zero-order chi connectivity index (χ0) is 21.8. The molecule has 0 radical (unpaired) electrons. The Morgan fingerprint density at radius 3 is 2.74 bits per heavy atom. The van der Waals surface area contributed by atoms with Crippen LogP contribution in [0.1, 0.15) is 6.42 Å². The van der Waals surface area contributed by atoms with E-state index in [0.29, 0.717) is 35.8 Å². The van der Waals surface area contributed by atoms with E-state index < -0.39 is 10.0 Å². The highest BCUT2D eigenvalue weighted by Gasteiger charge is 2.15. The molecule has 0 saturated carbocycles. The van der Waals surface area contributed by atoms with Crippen LogP contribution in [0.15, 0.2) is 65.6 Å². The highest BCUT2D eigenvalue weighted by Crippen LogP contribution is 2.27. The third-order valence-corrected chi connectivity index (χ3v) is 5.72. The molecule has 0 unspecified atom stereocenters. The van der Waals surface area contributed by atoms with Crippen LogP contribution >= 0.6 is 0 Å². The number of aromatic nitrogens is 3. The lowest BCUT2D eigenvalue weighted by molar-refractivity contribution is 0.358. The summed E-state index contributed by atoms with van der Waals surface area (Å²) in [4.78, 5) is 20.3. The maximum absolute atomic E-state index is 12.5. The van der Waals surface area contributed by atoms with Crippen molar-refractivity contribution in [2.24, 2.45) is 7.05 Å². The van der Waals surface area contributed by atoms with Crippen molar-refractivity contribution in [1.82, 2.24) is 14.5 Å². The highest BCUT2D eigenvalue weighted by atomic mass is 32.2. The van der Waals surface area contributed by atoms with Gasteiger partial charge in [0.1, 0.15) is 23.9 Å². The molecule has 0 aliphatic carbocycles. The van der Waals surface area contributed by atoms with Gasteiger partial charge in [0.05, 0.1) is 11.4 Å². The van der Waals surface area contributed by atoms with Crippen molar-refractivity contribution in [2.45, 2.75) is 6.42 Å². The fourth-order valence-electron chi connectivity index (χ4n) is 2.91. The lowest BCUT2D eigenvalue weighted by Crippen LogP contribution is -2.18. The van der Waals surface area contributed by atoms with Crippen LogP contribution in [0.4, 0.5) is 5.82 Å². The molecule has 1 aliphatic rings. The van der Waals surface area contributed by atoms with Crippen LogP contribution in [0.25, 0.3) is 11.3 Å². The van der Waals surface area contributed by atoms with Crippen LogP contribution in [0, 0.1) is 0 Å². The molecule has 2 aromatic heterocycles. The second kappa shape index (κ2) is 8.60. The largest absolute Gasteiger partial charge is 0.489 e. The number of sulfonamides is 1. The second-order valence-electron chi connectivity index (χ2n) is 6.86. The molecular weight excluding hydrogens is 420 g/mol. The molecule has 4 rings (SSSR count). The number of anilines is 1. The molecule has 4 bridgehead atoms. The minimum absolute atomic E-state index is 0.0470. The van der Waals surface area contributed by atoms with Gasteiger partial charge in [-0.05, 0) is 24.6 Å². The third-order valence-electron chi connectivity index (χ3n) is 4.43. The Kier molecular flexibility index (Phi) is 5.72. The highest BCUT2D eigenvalue weighted by molar-refractivity contribution is 7.92. The number of allylic oxidation sites excluding steroid dienone is 1. The number of nitrogens with one attached hydrogen (secondary N) is 1. The summed E-state index contributed by atoms with van der Waals surface area (Å²) in [6.45, 7) is 0.304. The Bertz CT molecular complexity index is 1300. The van der Waals surface area contributed by atoms with Crippen LogP contribution in [0.3, 0.4) is 0 Å². The fourth-order valence-corrected chi connectivity index (χ4v) is 3.88. The maximum atomic E-state index is 12.5. The molecule has 1 aromatic carbocycles. The molecule has 1 N–H and O–H groups in total. The second-order valence-corrected chi connectivity index (χ2v) is 8.70. The first kappa shape index (κ1) is 20.6. The molecule has 31 heavy (non-hydrogen) atoms. The van der Waals surface area contributed by atoms with Gasteiger partial charge in [-0.25, -0.2) is 8.42 Å². The van der Waals surface area contributed by atoms with Crippen LogP contribution in [-0.4, -0.2) is 35.3 Å². The van der Waals surface area contributed by atoms with Gasteiger partial charge < -0.3 is 14.0 Å². The molecule has 160 valence electrons. The Morgan fingerprint density at radius 1 is 1.06 bits per heavy atom. The quantitative estimate of drug-likeness (QED) is 0.579. The molecular formula is C21H20N4O5S.